The van der Waals surface area contributed by atoms with Crippen molar-refractivity contribution < 1.29 is 19.7 Å². The van der Waals surface area contributed by atoms with E-state index in [2.05, 4.69) is 9.80 Å². The molecule has 0 saturated carbocycles. The number of ether oxygens (including phenoxy) is 2. The summed E-state index contributed by atoms with van der Waals surface area (Å²) in [6.07, 6.45) is -1.14. The number of aliphatic hydroxyl groups is 2. The Bertz CT molecular complexity index is 804. The fraction of sp³-hybridized carbons (Fsp3) is 0.500. The largest absolute Gasteiger partial charge is 0.491 e. The summed E-state index contributed by atoms with van der Waals surface area (Å²) in [5.41, 5.74) is 1.90. The Morgan fingerprint density at radius 1 is 0.750 bits per heavy atom. The number of hydrogen-bond acceptors (Lipinski definition) is 6. The lowest BCUT2D eigenvalue weighted by molar-refractivity contribution is 0.0240. The van der Waals surface area contributed by atoms with Crippen molar-refractivity contribution in [2.45, 2.75) is 26.1 Å². The molecule has 2 N–H and O–H groups in total. The van der Waals surface area contributed by atoms with E-state index in [1.54, 1.807) is 12.1 Å². The molecule has 1 aliphatic rings. The van der Waals surface area contributed by atoms with E-state index in [0.29, 0.717) is 34.6 Å². The molecule has 1 fully saturated rings. The maximum atomic E-state index is 10.3. The molecule has 1 aliphatic heterocycles. The van der Waals surface area contributed by atoms with Crippen molar-refractivity contribution in [3.8, 4) is 11.5 Å². The van der Waals surface area contributed by atoms with Crippen LogP contribution in [0.1, 0.15) is 11.1 Å². The minimum atomic E-state index is -0.570. The number of nitrogens with zero attached hydrogens (tertiary/aromatic N) is 2. The Hall–Kier alpha value is -1.54. The van der Waals surface area contributed by atoms with E-state index in [1.807, 2.05) is 38.1 Å². The molecule has 1 saturated heterocycles. The van der Waals surface area contributed by atoms with E-state index < -0.39 is 12.2 Å². The highest BCUT2D eigenvalue weighted by molar-refractivity contribution is 6.31. The summed E-state index contributed by atoms with van der Waals surface area (Å²) in [6, 6.07) is 11.0. The first-order valence-corrected chi connectivity index (χ1v) is 11.6. The van der Waals surface area contributed by atoms with Gasteiger partial charge >= 0.3 is 0 Å². The van der Waals surface area contributed by atoms with Gasteiger partial charge in [0.05, 0.1) is 0 Å². The summed E-state index contributed by atoms with van der Waals surface area (Å²) < 4.78 is 11.4. The number of aliphatic hydroxyl groups excluding tert-OH is 2. The first-order valence-electron chi connectivity index (χ1n) is 10.9. The first kappa shape index (κ1) is 25.1. The monoisotopic (exact) mass is 482 g/mol. The van der Waals surface area contributed by atoms with Crippen LogP contribution in [0.3, 0.4) is 0 Å². The molecular formula is C24H32Cl2N2O4. The molecule has 0 aliphatic carbocycles. The highest BCUT2D eigenvalue weighted by Gasteiger charge is 2.21. The predicted octanol–water partition coefficient (Wildman–Crippen LogP) is 3.41. The summed E-state index contributed by atoms with van der Waals surface area (Å²) in [5.74, 6) is 1.42. The zero-order chi connectivity index (χ0) is 23.1. The van der Waals surface area contributed by atoms with Gasteiger partial charge in [0.2, 0.25) is 0 Å². The Morgan fingerprint density at radius 3 is 1.47 bits per heavy atom. The van der Waals surface area contributed by atoms with E-state index in [4.69, 9.17) is 32.7 Å². The molecule has 1 heterocycles. The number of benzene rings is 2. The summed E-state index contributed by atoms with van der Waals surface area (Å²) in [5, 5.41) is 22.1. The molecule has 2 aromatic carbocycles. The maximum Gasteiger partial charge on any atom is 0.119 e. The second-order valence-corrected chi connectivity index (χ2v) is 9.17. The van der Waals surface area contributed by atoms with Crippen LogP contribution in [-0.4, -0.2) is 84.7 Å². The molecule has 0 bridgehead atoms. The number of piperazine rings is 1. The van der Waals surface area contributed by atoms with Gasteiger partial charge in [-0.05, 0) is 61.4 Å². The van der Waals surface area contributed by atoms with E-state index >= 15 is 0 Å². The lowest BCUT2D eigenvalue weighted by Gasteiger charge is -2.36. The Balaban J connectivity index is 1.32. The molecule has 32 heavy (non-hydrogen) atoms. The third-order valence-corrected chi connectivity index (χ3v) is 6.39. The first-order chi connectivity index (χ1) is 15.3. The molecule has 6 nitrogen and oxygen atoms in total. The normalized spacial score (nSPS) is 17.2. The van der Waals surface area contributed by atoms with Gasteiger partial charge in [0.1, 0.15) is 36.9 Å². The number of rotatable bonds is 10. The maximum absolute atomic E-state index is 10.3. The van der Waals surface area contributed by atoms with E-state index in [1.165, 1.54) is 0 Å². The molecule has 2 atom stereocenters. The second-order valence-electron chi connectivity index (χ2n) is 8.35. The standard InChI is InChI=1S/C24H32Cl2N2O4/c1-17-11-21(3-5-23(17)25)31-15-19(29)13-27-7-9-28(10-8-27)14-20(30)16-32-22-4-6-24(26)18(2)12-22/h3-6,11-12,19-20,29-30H,7-10,13-16H2,1-2H3/t19-,20+. The van der Waals surface area contributed by atoms with Crippen molar-refractivity contribution in [3.63, 3.8) is 0 Å². The molecule has 0 aromatic heterocycles. The highest BCUT2D eigenvalue weighted by atomic mass is 35.5. The molecule has 176 valence electrons. The van der Waals surface area contributed by atoms with Gasteiger partial charge in [0.15, 0.2) is 0 Å². The van der Waals surface area contributed by atoms with Crippen molar-refractivity contribution in [2.24, 2.45) is 0 Å². The van der Waals surface area contributed by atoms with Gasteiger partial charge in [-0.25, -0.2) is 0 Å². The molecule has 8 heteroatoms. The van der Waals surface area contributed by atoms with Crippen molar-refractivity contribution in [1.82, 2.24) is 9.80 Å². The smallest absolute Gasteiger partial charge is 0.119 e. The molecule has 3 rings (SSSR count). The van der Waals surface area contributed by atoms with Crippen LogP contribution in [0.4, 0.5) is 0 Å². The Kier molecular flexibility index (Phi) is 9.46. The highest BCUT2D eigenvalue weighted by Crippen LogP contribution is 2.22. The van der Waals surface area contributed by atoms with E-state index in [9.17, 15) is 10.2 Å². The average Bonchev–Trinajstić information content (AvgIpc) is 2.77. The Labute approximate surface area is 200 Å². The molecule has 0 radical (unpaired) electrons. The predicted molar refractivity (Wildman–Crippen MR) is 128 cm³/mol. The van der Waals surface area contributed by atoms with Gasteiger partial charge in [-0.2, -0.15) is 0 Å². The molecule has 0 spiro atoms. The number of halogens is 2. The van der Waals surface area contributed by atoms with E-state index in [0.717, 1.165) is 37.3 Å². The Morgan fingerprint density at radius 2 is 1.12 bits per heavy atom. The van der Waals surface area contributed by atoms with Crippen LogP contribution in [0, 0.1) is 13.8 Å². The number of aryl methyl sites for hydroxylation is 2. The summed E-state index contributed by atoms with van der Waals surface area (Å²) in [6.45, 7) is 8.77. The van der Waals surface area contributed by atoms with Crippen LogP contribution in [-0.2, 0) is 0 Å². The van der Waals surface area contributed by atoms with E-state index in [-0.39, 0.29) is 13.2 Å². The summed E-state index contributed by atoms with van der Waals surface area (Å²) >= 11 is 12.1. The van der Waals surface area contributed by atoms with Crippen molar-refractivity contribution in [2.75, 3.05) is 52.5 Å². The van der Waals surface area contributed by atoms with Gasteiger partial charge in [0, 0.05) is 49.3 Å². The molecule has 2 aromatic rings. The fourth-order valence-electron chi connectivity index (χ4n) is 3.65. The third-order valence-electron chi connectivity index (χ3n) is 5.55. The number of hydrogen-bond donors (Lipinski definition) is 2. The number of β-amino-alcohol motifs (C(OH)–C–C–N with tert-alkyl or cyclic N) is 2. The summed E-state index contributed by atoms with van der Waals surface area (Å²) in [7, 11) is 0. The topological polar surface area (TPSA) is 65.4 Å². The van der Waals surface area contributed by atoms with Gasteiger partial charge < -0.3 is 19.7 Å². The fourth-order valence-corrected chi connectivity index (χ4v) is 3.89. The lowest BCUT2D eigenvalue weighted by Crippen LogP contribution is -2.51. The van der Waals surface area contributed by atoms with Gasteiger partial charge in [-0.3, -0.25) is 9.80 Å². The quantitative estimate of drug-likeness (QED) is 0.540. The lowest BCUT2D eigenvalue weighted by atomic mass is 10.2. The average molecular weight is 483 g/mol. The van der Waals surface area contributed by atoms with Crippen molar-refractivity contribution in [1.29, 1.82) is 0 Å². The minimum absolute atomic E-state index is 0.238. The van der Waals surface area contributed by atoms with Crippen LogP contribution >= 0.6 is 23.2 Å². The van der Waals surface area contributed by atoms with Gasteiger partial charge in [0.25, 0.3) is 0 Å². The molecule has 0 amide bonds. The van der Waals surface area contributed by atoms with Crippen molar-refractivity contribution in [3.05, 3.63) is 57.6 Å². The van der Waals surface area contributed by atoms with Crippen LogP contribution in [0.5, 0.6) is 11.5 Å². The minimum Gasteiger partial charge on any atom is -0.491 e. The SMILES string of the molecule is Cc1cc(OC[C@@H](O)CN2CCN(C[C@@H](O)COc3ccc(Cl)c(C)c3)CC2)ccc1Cl. The van der Waals surface area contributed by atoms with Crippen molar-refractivity contribution >= 4 is 23.2 Å². The van der Waals surface area contributed by atoms with Gasteiger partial charge in [-0.15, -0.1) is 0 Å². The zero-order valence-electron chi connectivity index (χ0n) is 18.6. The zero-order valence-corrected chi connectivity index (χ0v) is 20.1. The third kappa shape index (κ3) is 7.80. The van der Waals surface area contributed by atoms with Gasteiger partial charge in [-0.1, -0.05) is 23.2 Å². The second kappa shape index (κ2) is 12.1. The molecule has 0 unspecified atom stereocenters. The molecular weight excluding hydrogens is 451 g/mol. The van der Waals surface area contributed by atoms with Crippen LogP contribution in [0.2, 0.25) is 10.0 Å². The van der Waals surface area contributed by atoms with Crippen LogP contribution < -0.4 is 9.47 Å². The van der Waals surface area contributed by atoms with Crippen LogP contribution in [0.25, 0.3) is 0 Å². The van der Waals surface area contributed by atoms with Crippen LogP contribution in [0.15, 0.2) is 36.4 Å². The summed E-state index contributed by atoms with van der Waals surface area (Å²) in [4.78, 5) is 4.44.